The number of hydrogen-bond donors (Lipinski definition) is 0. The number of hydrogen-bond acceptors (Lipinski definition) is 5. The monoisotopic (exact) mass is 381 g/mol. The van der Waals surface area contributed by atoms with Crippen molar-refractivity contribution in [2.75, 3.05) is 0 Å². The molecule has 0 fully saturated rings. The smallest absolute Gasteiger partial charge is 0.156 e. The van der Waals surface area contributed by atoms with E-state index in [1.54, 1.807) is 23.1 Å². The first-order valence-electron chi connectivity index (χ1n) is 9.37. The molecule has 6 nitrogen and oxygen atoms in total. The van der Waals surface area contributed by atoms with E-state index in [1.165, 1.54) is 0 Å². The lowest BCUT2D eigenvalue weighted by molar-refractivity contribution is -0.122. The molecule has 0 unspecified atom stereocenters. The van der Waals surface area contributed by atoms with E-state index < -0.39 is 0 Å². The fourth-order valence-electron chi connectivity index (χ4n) is 3.12. The van der Waals surface area contributed by atoms with Gasteiger partial charge in [0.25, 0.3) is 0 Å². The molecule has 3 aromatic heterocycles. The van der Waals surface area contributed by atoms with E-state index in [2.05, 4.69) is 21.1 Å². The van der Waals surface area contributed by atoms with E-state index in [-0.39, 0.29) is 18.2 Å². The van der Waals surface area contributed by atoms with Gasteiger partial charge in [0.2, 0.25) is 0 Å². The van der Waals surface area contributed by atoms with Gasteiger partial charge in [-0.05, 0) is 24.3 Å². The number of rotatable bonds is 5. The highest BCUT2D eigenvalue weighted by Crippen LogP contribution is 2.32. The molecule has 0 saturated carbocycles. The molecule has 0 atom stereocenters. The molecule has 0 radical (unpaired) electrons. The first-order valence-corrected chi connectivity index (χ1v) is 9.37. The Morgan fingerprint density at radius 1 is 1.17 bits per heavy atom. The van der Waals surface area contributed by atoms with Crippen LogP contribution in [0.1, 0.15) is 19.5 Å². The fourth-order valence-corrected chi connectivity index (χ4v) is 3.12. The summed E-state index contributed by atoms with van der Waals surface area (Å²) in [6.45, 7) is 3.99. The van der Waals surface area contributed by atoms with Gasteiger partial charge in [-0.15, -0.1) is 0 Å². The summed E-state index contributed by atoms with van der Waals surface area (Å²) in [7, 11) is 0. The maximum absolute atomic E-state index is 12.0. The fraction of sp³-hybridized carbons (Fsp3) is 0.174. The van der Waals surface area contributed by atoms with Crippen molar-refractivity contribution in [2.45, 2.75) is 20.4 Å². The van der Waals surface area contributed by atoms with E-state index in [9.17, 15) is 10.1 Å². The summed E-state index contributed by atoms with van der Waals surface area (Å²) in [4.78, 5) is 21.0. The third-order valence-corrected chi connectivity index (χ3v) is 4.80. The summed E-state index contributed by atoms with van der Waals surface area (Å²) >= 11 is 0. The van der Waals surface area contributed by atoms with Crippen LogP contribution in [-0.2, 0) is 11.3 Å². The minimum Gasteiger partial charge on any atom is -0.297 e. The molecule has 0 spiro atoms. The molecule has 0 aliphatic carbocycles. The molecule has 0 saturated heterocycles. The lowest BCUT2D eigenvalue weighted by Crippen LogP contribution is -2.15. The second-order valence-corrected chi connectivity index (χ2v) is 7.16. The maximum Gasteiger partial charge on any atom is 0.156 e. The second kappa shape index (κ2) is 7.64. The average molecular weight is 381 g/mol. The molecule has 0 aliphatic rings. The molecule has 0 aliphatic heterocycles. The van der Waals surface area contributed by atoms with Crippen LogP contribution in [0.5, 0.6) is 0 Å². The predicted octanol–water partition coefficient (Wildman–Crippen LogP) is 4.26. The standard InChI is InChI=1S/C23H19N5O/c1-15(2)22(29)14-28-13-18(12-26-28)20-8-7-19(11-24)27-23(20)17-6-5-16-4-3-9-25-21(16)10-17/h3-10,12-13,15H,14H2,1-2H3. The lowest BCUT2D eigenvalue weighted by Gasteiger charge is -2.09. The highest BCUT2D eigenvalue weighted by atomic mass is 16.1. The van der Waals surface area contributed by atoms with E-state index in [0.717, 1.165) is 27.6 Å². The minimum atomic E-state index is -0.0418. The summed E-state index contributed by atoms with van der Waals surface area (Å²) < 4.78 is 1.64. The van der Waals surface area contributed by atoms with Crippen LogP contribution in [0.15, 0.2) is 61.1 Å². The molecule has 0 N–H and O–H groups in total. The summed E-state index contributed by atoms with van der Waals surface area (Å²) in [6, 6.07) is 15.5. The van der Waals surface area contributed by atoms with Gasteiger partial charge < -0.3 is 0 Å². The normalized spacial score (nSPS) is 11.0. The van der Waals surface area contributed by atoms with E-state index in [0.29, 0.717) is 11.4 Å². The van der Waals surface area contributed by atoms with Crippen LogP contribution in [0.2, 0.25) is 0 Å². The Morgan fingerprint density at radius 3 is 2.83 bits per heavy atom. The highest BCUT2D eigenvalue weighted by Gasteiger charge is 2.15. The van der Waals surface area contributed by atoms with Crippen molar-refractivity contribution in [2.24, 2.45) is 5.92 Å². The van der Waals surface area contributed by atoms with Gasteiger partial charge in [-0.1, -0.05) is 32.0 Å². The van der Waals surface area contributed by atoms with E-state index in [4.69, 9.17) is 0 Å². The summed E-state index contributed by atoms with van der Waals surface area (Å²) in [5.74, 6) is 0.0818. The Bertz CT molecular complexity index is 1250. The third kappa shape index (κ3) is 3.76. The van der Waals surface area contributed by atoms with Crippen LogP contribution in [0.4, 0.5) is 0 Å². The number of aromatic nitrogens is 4. The molecule has 1 aromatic carbocycles. The number of fused-ring (bicyclic) bond motifs is 1. The first kappa shape index (κ1) is 18.5. The van der Waals surface area contributed by atoms with Crippen LogP contribution in [0.3, 0.4) is 0 Å². The first-order chi connectivity index (χ1) is 14.0. The van der Waals surface area contributed by atoms with Gasteiger partial charge in [-0.25, -0.2) is 4.98 Å². The average Bonchev–Trinajstić information content (AvgIpc) is 3.21. The molecule has 29 heavy (non-hydrogen) atoms. The maximum atomic E-state index is 12.0. The molecule has 3 heterocycles. The minimum absolute atomic E-state index is 0.0418. The van der Waals surface area contributed by atoms with Crippen LogP contribution in [-0.4, -0.2) is 25.5 Å². The lowest BCUT2D eigenvalue weighted by atomic mass is 10.00. The zero-order valence-electron chi connectivity index (χ0n) is 16.2. The quantitative estimate of drug-likeness (QED) is 0.516. The van der Waals surface area contributed by atoms with Gasteiger partial charge in [-0.2, -0.15) is 10.4 Å². The highest BCUT2D eigenvalue weighted by molar-refractivity contribution is 5.88. The summed E-state index contributed by atoms with van der Waals surface area (Å²) in [5.41, 5.74) is 4.45. The molecule has 142 valence electrons. The van der Waals surface area contributed by atoms with E-state index >= 15 is 0 Å². The van der Waals surface area contributed by atoms with Gasteiger partial charge in [-0.3, -0.25) is 14.5 Å². The predicted molar refractivity (Wildman–Crippen MR) is 111 cm³/mol. The summed E-state index contributed by atoms with van der Waals surface area (Å²) in [6.07, 6.45) is 5.31. The van der Waals surface area contributed by atoms with Crippen molar-refractivity contribution >= 4 is 16.7 Å². The van der Waals surface area contributed by atoms with Crippen LogP contribution in [0.25, 0.3) is 33.3 Å². The van der Waals surface area contributed by atoms with Gasteiger partial charge in [0, 0.05) is 40.4 Å². The molecule has 4 aromatic rings. The molecule has 6 heteroatoms. The number of pyridine rings is 2. The van der Waals surface area contributed by atoms with E-state index in [1.807, 2.05) is 56.4 Å². The van der Waals surface area contributed by atoms with Gasteiger partial charge in [0.15, 0.2) is 5.78 Å². The number of carbonyl (C=O) groups excluding carboxylic acids is 1. The number of nitrogens with zero attached hydrogens (tertiary/aromatic N) is 5. The van der Waals surface area contributed by atoms with Crippen molar-refractivity contribution in [1.29, 1.82) is 5.26 Å². The van der Waals surface area contributed by atoms with Gasteiger partial charge in [0.1, 0.15) is 11.8 Å². The number of Topliss-reactive ketones (excluding diaryl/α,β-unsaturated/α-hetero) is 1. The van der Waals surface area contributed by atoms with Crippen molar-refractivity contribution in [1.82, 2.24) is 19.7 Å². The van der Waals surface area contributed by atoms with Crippen molar-refractivity contribution < 1.29 is 4.79 Å². The van der Waals surface area contributed by atoms with Crippen LogP contribution >= 0.6 is 0 Å². The number of benzene rings is 1. The van der Waals surface area contributed by atoms with Crippen molar-refractivity contribution in [3.8, 4) is 28.5 Å². The Labute approximate surface area is 168 Å². The Kier molecular flexibility index (Phi) is 4.88. The number of ketones is 1. The van der Waals surface area contributed by atoms with Crippen LogP contribution in [0, 0.1) is 17.2 Å². The SMILES string of the molecule is CC(C)C(=O)Cn1cc(-c2ccc(C#N)nc2-c2ccc3cccnc3c2)cn1. The third-order valence-electron chi connectivity index (χ3n) is 4.80. The second-order valence-electron chi connectivity index (χ2n) is 7.16. The van der Waals surface area contributed by atoms with Crippen molar-refractivity contribution in [3.05, 3.63) is 66.7 Å². The van der Waals surface area contributed by atoms with Gasteiger partial charge in [0.05, 0.1) is 24.0 Å². The van der Waals surface area contributed by atoms with Crippen LogP contribution < -0.4 is 0 Å². The Hall–Kier alpha value is -3.85. The topological polar surface area (TPSA) is 84.5 Å². The summed E-state index contributed by atoms with van der Waals surface area (Å²) in [5, 5.41) is 14.7. The Morgan fingerprint density at radius 2 is 2.03 bits per heavy atom. The molecular weight excluding hydrogens is 362 g/mol. The number of carbonyl (C=O) groups is 1. The zero-order chi connectivity index (χ0) is 20.4. The molecule has 0 bridgehead atoms. The molecule has 0 amide bonds. The van der Waals surface area contributed by atoms with Gasteiger partial charge >= 0.3 is 0 Å². The zero-order valence-corrected chi connectivity index (χ0v) is 16.2. The number of nitriles is 1. The Balaban J connectivity index is 1.79. The largest absolute Gasteiger partial charge is 0.297 e. The molecule has 4 rings (SSSR count). The van der Waals surface area contributed by atoms with Crippen molar-refractivity contribution in [3.63, 3.8) is 0 Å². The molecular formula is C23H19N5O.